The maximum atomic E-state index is 12.9. The Morgan fingerprint density at radius 2 is 1.57 bits per heavy atom. The van der Waals surface area contributed by atoms with E-state index in [2.05, 4.69) is 0 Å². The number of nitrogens with zero attached hydrogens (tertiary/aromatic N) is 1. The number of ether oxygens (including phenoxy) is 2. The monoisotopic (exact) mass is 281 g/mol. The van der Waals surface area contributed by atoms with Gasteiger partial charge in [0.15, 0.2) is 0 Å². The summed E-state index contributed by atoms with van der Waals surface area (Å²) >= 11 is 0. The van der Waals surface area contributed by atoms with Crippen LogP contribution >= 0.6 is 0 Å². The number of hydrogen-bond donors (Lipinski definition) is 0. The quantitative estimate of drug-likeness (QED) is 0.739. The lowest BCUT2D eigenvalue weighted by molar-refractivity contribution is 0.0959. The van der Waals surface area contributed by atoms with E-state index in [1.165, 1.54) is 0 Å². The van der Waals surface area contributed by atoms with Gasteiger partial charge >= 0.3 is 0 Å². The highest BCUT2D eigenvalue weighted by Crippen LogP contribution is 2.30. The molecule has 1 aromatic heterocycles. The van der Waals surface area contributed by atoms with E-state index in [9.17, 15) is 4.79 Å². The summed E-state index contributed by atoms with van der Waals surface area (Å²) in [5, 5.41) is 1.01. The van der Waals surface area contributed by atoms with E-state index in [-0.39, 0.29) is 5.91 Å². The molecule has 0 amide bonds. The Hall–Kier alpha value is -2.75. The summed E-state index contributed by atoms with van der Waals surface area (Å²) in [4.78, 5) is 12.9. The molecule has 0 unspecified atom stereocenters. The molecule has 4 nitrogen and oxygen atoms in total. The van der Waals surface area contributed by atoms with Crippen LogP contribution in [0.15, 0.2) is 54.7 Å². The lowest BCUT2D eigenvalue weighted by Crippen LogP contribution is -2.13. The van der Waals surface area contributed by atoms with Gasteiger partial charge in [0.2, 0.25) is 0 Å². The summed E-state index contributed by atoms with van der Waals surface area (Å²) in [7, 11) is 3.08. The maximum absolute atomic E-state index is 12.9. The van der Waals surface area contributed by atoms with Gasteiger partial charge in [-0.2, -0.15) is 0 Å². The van der Waals surface area contributed by atoms with Crippen LogP contribution in [0.1, 0.15) is 10.4 Å². The molecule has 21 heavy (non-hydrogen) atoms. The van der Waals surface area contributed by atoms with Crippen LogP contribution in [0.25, 0.3) is 10.9 Å². The first-order valence-electron chi connectivity index (χ1n) is 6.58. The third-order valence-corrected chi connectivity index (χ3v) is 3.46. The van der Waals surface area contributed by atoms with E-state index in [1.54, 1.807) is 43.2 Å². The van der Waals surface area contributed by atoms with Gasteiger partial charge in [-0.05, 0) is 24.3 Å². The average Bonchev–Trinajstić information content (AvgIpc) is 2.97. The number of carbonyl (C=O) groups is 1. The molecule has 1 heterocycles. The molecule has 106 valence electrons. The normalized spacial score (nSPS) is 10.6. The third-order valence-electron chi connectivity index (χ3n) is 3.46. The van der Waals surface area contributed by atoms with Crippen molar-refractivity contribution in [3.8, 4) is 11.5 Å². The molecule has 3 rings (SSSR count). The van der Waals surface area contributed by atoms with Gasteiger partial charge in [0.05, 0.1) is 19.7 Å². The molecule has 0 N–H and O–H groups in total. The Bertz CT molecular complexity index is 782. The fourth-order valence-corrected chi connectivity index (χ4v) is 2.44. The SMILES string of the molecule is COc1cccc(OC)c1C(=O)n1ccc2ccccc21. The van der Waals surface area contributed by atoms with Gasteiger partial charge in [-0.3, -0.25) is 9.36 Å². The van der Waals surface area contributed by atoms with Gasteiger partial charge in [0.1, 0.15) is 17.1 Å². The molecule has 4 heteroatoms. The second kappa shape index (κ2) is 5.32. The summed E-state index contributed by atoms with van der Waals surface area (Å²) in [6.07, 6.45) is 1.76. The molecule has 0 spiro atoms. The van der Waals surface area contributed by atoms with E-state index < -0.39 is 0 Å². The first-order valence-corrected chi connectivity index (χ1v) is 6.58. The second-order valence-electron chi connectivity index (χ2n) is 4.59. The molecular weight excluding hydrogens is 266 g/mol. The number of methoxy groups -OCH3 is 2. The van der Waals surface area contributed by atoms with Crippen molar-refractivity contribution < 1.29 is 14.3 Å². The van der Waals surface area contributed by atoms with Gasteiger partial charge in [-0.15, -0.1) is 0 Å². The molecule has 0 aliphatic rings. The van der Waals surface area contributed by atoms with Crippen LogP contribution < -0.4 is 9.47 Å². The highest BCUT2D eigenvalue weighted by Gasteiger charge is 2.20. The minimum Gasteiger partial charge on any atom is -0.496 e. The number of rotatable bonds is 3. The minimum atomic E-state index is -0.175. The first-order chi connectivity index (χ1) is 10.3. The van der Waals surface area contributed by atoms with Crippen LogP contribution in [0.2, 0.25) is 0 Å². The Kier molecular flexibility index (Phi) is 3.36. The molecule has 3 aromatic rings. The van der Waals surface area contributed by atoms with Crippen LogP contribution in [-0.4, -0.2) is 24.7 Å². The van der Waals surface area contributed by atoms with Crippen molar-refractivity contribution in [3.05, 3.63) is 60.3 Å². The van der Waals surface area contributed by atoms with Crippen molar-refractivity contribution in [1.29, 1.82) is 0 Å². The highest BCUT2D eigenvalue weighted by atomic mass is 16.5. The molecule has 0 radical (unpaired) electrons. The van der Waals surface area contributed by atoms with Crippen molar-refractivity contribution in [2.24, 2.45) is 0 Å². The van der Waals surface area contributed by atoms with E-state index in [0.29, 0.717) is 17.1 Å². The molecule has 0 bridgehead atoms. The molecule has 0 atom stereocenters. The molecule has 0 aliphatic heterocycles. The van der Waals surface area contributed by atoms with Crippen molar-refractivity contribution >= 4 is 16.8 Å². The molecule has 0 aliphatic carbocycles. The zero-order chi connectivity index (χ0) is 14.8. The second-order valence-corrected chi connectivity index (χ2v) is 4.59. The van der Waals surface area contributed by atoms with Crippen LogP contribution in [0.3, 0.4) is 0 Å². The average molecular weight is 281 g/mol. The smallest absolute Gasteiger partial charge is 0.269 e. The van der Waals surface area contributed by atoms with Crippen molar-refractivity contribution in [3.63, 3.8) is 0 Å². The molecule has 2 aromatic carbocycles. The van der Waals surface area contributed by atoms with E-state index in [0.717, 1.165) is 10.9 Å². The van der Waals surface area contributed by atoms with Gasteiger partial charge in [-0.25, -0.2) is 0 Å². The Labute approximate surface area is 122 Å². The van der Waals surface area contributed by atoms with E-state index >= 15 is 0 Å². The number of aromatic nitrogens is 1. The summed E-state index contributed by atoms with van der Waals surface area (Å²) in [5.41, 5.74) is 1.28. The maximum Gasteiger partial charge on any atom is 0.269 e. The first kappa shape index (κ1) is 13.2. The Morgan fingerprint density at radius 1 is 0.905 bits per heavy atom. The number of benzene rings is 2. The number of para-hydroxylation sites is 1. The molecule has 0 saturated carbocycles. The number of fused-ring (bicyclic) bond motifs is 1. The third kappa shape index (κ3) is 2.14. The largest absolute Gasteiger partial charge is 0.496 e. The topological polar surface area (TPSA) is 40.5 Å². The zero-order valence-corrected chi connectivity index (χ0v) is 11.9. The van der Waals surface area contributed by atoms with E-state index in [1.807, 2.05) is 30.3 Å². The van der Waals surface area contributed by atoms with Crippen molar-refractivity contribution in [2.75, 3.05) is 14.2 Å². The van der Waals surface area contributed by atoms with Gasteiger partial charge in [-0.1, -0.05) is 24.3 Å². The highest BCUT2D eigenvalue weighted by molar-refractivity contribution is 6.05. The van der Waals surface area contributed by atoms with Gasteiger partial charge in [0, 0.05) is 11.6 Å². The fraction of sp³-hybridized carbons (Fsp3) is 0.118. The van der Waals surface area contributed by atoms with Crippen LogP contribution in [0.5, 0.6) is 11.5 Å². The summed E-state index contributed by atoms with van der Waals surface area (Å²) in [5.74, 6) is 0.819. The van der Waals surface area contributed by atoms with Crippen LogP contribution in [-0.2, 0) is 0 Å². The van der Waals surface area contributed by atoms with E-state index in [4.69, 9.17) is 9.47 Å². The number of carbonyl (C=O) groups excluding carboxylic acids is 1. The standard InChI is InChI=1S/C17H15NO3/c1-20-14-8-5-9-15(21-2)16(14)17(19)18-11-10-12-6-3-4-7-13(12)18/h3-11H,1-2H3. The lowest BCUT2D eigenvalue weighted by Gasteiger charge is -2.13. The lowest BCUT2D eigenvalue weighted by atomic mass is 10.1. The molecule has 0 saturated heterocycles. The summed E-state index contributed by atoms with van der Waals surface area (Å²) in [6, 6.07) is 14.9. The fourth-order valence-electron chi connectivity index (χ4n) is 2.44. The number of hydrogen-bond acceptors (Lipinski definition) is 3. The van der Waals surface area contributed by atoms with Crippen molar-refractivity contribution in [2.45, 2.75) is 0 Å². The molecular formula is C17H15NO3. The summed E-state index contributed by atoms with van der Waals surface area (Å²) in [6.45, 7) is 0. The summed E-state index contributed by atoms with van der Waals surface area (Å²) < 4.78 is 12.2. The predicted molar refractivity (Wildman–Crippen MR) is 81.2 cm³/mol. The predicted octanol–water partition coefficient (Wildman–Crippen LogP) is 3.35. The van der Waals surface area contributed by atoms with Crippen LogP contribution in [0.4, 0.5) is 0 Å². The minimum absolute atomic E-state index is 0.175. The van der Waals surface area contributed by atoms with Gasteiger partial charge in [0.25, 0.3) is 5.91 Å². The van der Waals surface area contributed by atoms with Crippen molar-refractivity contribution in [1.82, 2.24) is 4.57 Å². The van der Waals surface area contributed by atoms with Gasteiger partial charge < -0.3 is 9.47 Å². The Morgan fingerprint density at radius 3 is 2.24 bits per heavy atom. The van der Waals surface area contributed by atoms with Crippen LogP contribution in [0, 0.1) is 0 Å². The zero-order valence-electron chi connectivity index (χ0n) is 11.9. The molecule has 0 fully saturated rings. The Balaban J connectivity index is 2.19.